The van der Waals surface area contributed by atoms with Crippen LogP contribution in [0.4, 0.5) is 0 Å². The molecule has 2 aromatic carbocycles. The molecule has 0 unspecified atom stereocenters. The van der Waals surface area contributed by atoms with Gasteiger partial charge in [-0.2, -0.15) is 0 Å². The number of aromatic nitrogens is 2. The van der Waals surface area contributed by atoms with Gasteiger partial charge in [0.25, 0.3) is 0 Å². The summed E-state index contributed by atoms with van der Waals surface area (Å²) in [6.07, 6.45) is 1.05. The molecule has 3 rings (SSSR count). The Hall–Kier alpha value is -2.09. The fourth-order valence-corrected chi connectivity index (χ4v) is 2.52. The van der Waals surface area contributed by atoms with Crippen LogP contribution in [0.1, 0.15) is 23.6 Å². The molecule has 0 saturated carbocycles. The molecule has 0 atom stereocenters. The summed E-state index contributed by atoms with van der Waals surface area (Å²) in [7, 11) is 0. The number of benzene rings is 2. The Balaban J connectivity index is 2.14. The lowest BCUT2D eigenvalue weighted by molar-refractivity contribution is 1.14. The predicted molar refractivity (Wildman–Crippen MR) is 80.4 cm³/mol. The van der Waals surface area contributed by atoms with Crippen LogP contribution in [0.3, 0.4) is 0 Å². The van der Waals surface area contributed by atoms with Gasteiger partial charge in [-0.1, -0.05) is 30.2 Å². The fraction of sp³-hybridized carbons (Fsp3) is 0.235. The van der Waals surface area contributed by atoms with Crippen LogP contribution < -0.4 is 0 Å². The second-order valence-electron chi connectivity index (χ2n) is 5.17. The topological polar surface area (TPSA) is 28.7 Å². The molecule has 96 valence electrons. The number of hydrogen-bond donors (Lipinski definition) is 1. The van der Waals surface area contributed by atoms with Crippen molar-refractivity contribution in [2.24, 2.45) is 0 Å². The normalized spacial score (nSPS) is 11.1. The molecule has 1 N–H and O–H groups in total. The second-order valence-corrected chi connectivity index (χ2v) is 5.17. The summed E-state index contributed by atoms with van der Waals surface area (Å²) >= 11 is 0. The number of hydrogen-bond acceptors (Lipinski definition) is 1. The number of H-pyrrole nitrogens is 1. The summed E-state index contributed by atoms with van der Waals surface area (Å²) in [5.41, 5.74) is 7.18. The Kier molecular flexibility index (Phi) is 2.86. The molecule has 1 heterocycles. The molecule has 0 aliphatic carbocycles. The second kappa shape index (κ2) is 4.54. The van der Waals surface area contributed by atoms with Crippen LogP contribution in [0.2, 0.25) is 0 Å². The van der Waals surface area contributed by atoms with Crippen LogP contribution in [0.5, 0.6) is 0 Å². The van der Waals surface area contributed by atoms with Crippen molar-refractivity contribution in [1.82, 2.24) is 9.97 Å². The highest BCUT2D eigenvalue weighted by molar-refractivity contribution is 5.80. The van der Waals surface area contributed by atoms with E-state index in [1.54, 1.807) is 0 Å². The van der Waals surface area contributed by atoms with E-state index in [4.69, 9.17) is 0 Å². The zero-order valence-corrected chi connectivity index (χ0v) is 11.6. The Bertz CT molecular complexity index is 718. The highest BCUT2D eigenvalue weighted by Gasteiger charge is 2.06. The van der Waals surface area contributed by atoms with E-state index in [9.17, 15) is 0 Å². The van der Waals surface area contributed by atoms with Crippen molar-refractivity contribution in [2.45, 2.75) is 27.2 Å². The van der Waals surface area contributed by atoms with Crippen LogP contribution in [-0.4, -0.2) is 9.97 Å². The molecule has 0 aliphatic rings. The summed E-state index contributed by atoms with van der Waals surface area (Å²) in [5, 5.41) is 0. The molecule has 0 bridgehead atoms. The molecule has 3 aromatic rings. The number of imidazole rings is 1. The summed E-state index contributed by atoms with van der Waals surface area (Å²) < 4.78 is 0. The van der Waals surface area contributed by atoms with Gasteiger partial charge < -0.3 is 4.98 Å². The minimum atomic E-state index is 0.954. The van der Waals surface area contributed by atoms with Crippen LogP contribution >= 0.6 is 0 Å². The highest BCUT2D eigenvalue weighted by Crippen LogP contribution is 2.23. The largest absolute Gasteiger partial charge is 0.338 e. The van der Waals surface area contributed by atoms with E-state index in [2.05, 4.69) is 67.1 Å². The van der Waals surface area contributed by atoms with Crippen molar-refractivity contribution in [3.63, 3.8) is 0 Å². The van der Waals surface area contributed by atoms with Crippen LogP contribution in [0.25, 0.3) is 22.4 Å². The lowest BCUT2D eigenvalue weighted by Gasteiger charge is -2.01. The quantitative estimate of drug-likeness (QED) is 0.717. The highest BCUT2D eigenvalue weighted by atomic mass is 14.9. The summed E-state index contributed by atoms with van der Waals surface area (Å²) in [6, 6.07) is 13.0. The summed E-state index contributed by atoms with van der Waals surface area (Å²) in [5.74, 6) is 0.954. The van der Waals surface area contributed by atoms with E-state index < -0.39 is 0 Å². The smallest absolute Gasteiger partial charge is 0.138 e. The van der Waals surface area contributed by atoms with Crippen molar-refractivity contribution in [2.75, 3.05) is 0 Å². The zero-order valence-electron chi connectivity index (χ0n) is 11.6. The molecule has 0 fully saturated rings. The van der Waals surface area contributed by atoms with Gasteiger partial charge >= 0.3 is 0 Å². The third-order valence-electron chi connectivity index (χ3n) is 3.45. The first-order valence-corrected chi connectivity index (χ1v) is 6.73. The van der Waals surface area contributed by atoms with Crippen LogP contribution in [-0.2, 0) is 6.42 Å². The Morgan fingerprint density at radius 2 is 1.74 bits per heavy atom. The van der Waals surface area contributed by atoms with Crippen molar-refractivity contribution in [3.8, 4) is 11.4 Å². The predicted octanol–water partition coefficient (Wildman–Crippen LogP) is 4.41. The number of nitrogens with one attached hydrogen (secondary N) is 1. The van der Waals surface area contributed by atoms with Crippen LogP contribution in [0, 0.1) is 13.8 Å². The minimum absolute atomic E-state index is 0.954. The maximum atomic E-state index is 4.69. The average molecular weight is 250 g/mol. The molecular weight excluding hydrogens is 232 g/mol. The maximum Gasteiger partial charge on any atom is 0.138 e. The van der Waals surface area contributed by atoms with Gasteiger partial charge in [-0.25, -0.2) is 4.98 Å². The van der Waals surface area contributed by atoms with Crippen molar-refractivity contribution < 1.29 is 0 Å². The van der Waals surface area contributed by atoms with Gasteiger partial charge in [-0.15, -0.1) is 0 Å². The lowest BCUT2D eigenvalue weighted by Crippen LogP contribution is -1.84. The maximum absolute atomic E-state index is 4.69. The molecule has 2 nitrogen and oxygen atoms in total. The van der Waals surface area contributed by atoms with E-state index in [0.29, 0.717) is 0 Å². The fourth-order valence-electron chi connectivity index (χ4n) is 2.52. The van der Waals surface area contributed by atoms with Crippen LogP contribution in [0.15, 0.2) is 36.4 Å². The third kappa shape index (κ3) is 2.26. The van der Waals surface area contributed by atoms with E-state index in [-0.39, 0.29) is 0 Å². The van der Waals surface area contributed by atoms with Gasteiger partial charge in [0.15, 0.2) is 0 Å². The van der Waals surface area contributed by atoms with Crippen molar-refractivity contribution in [1.29, 1.82) is 0 Å². The molecule has 0 spiro atoms. The number of nitrogens with zero attached hydrogens (tertiary/aromatic N) is 1. The van der Waals surface area contributed by atoms with E-state index in [1.807, 2.05) is 0 Å². The van der Waals surface area contributed by atoms with E-state index in [0.717, 1.165) is 28.8 Å². The molecule has 0 saturated heterocycles. The molecular formula is C17H18N2. The lowest BCUT2D eigenvalue weighted by atomic mass is 10.1. The van der Waals surface area contributed by atoms with E-state index >= 15 is 0 Å². The zero-order chi connectivity index (χ0) is 13.4. The molecule has 0 amide bonds. The van der Waals surface area contributed by atoms with Gasteiger partial charge in [0.2, 0.25) is 0 Å². The summed E-state index contributed by atoms with van der Waals surface area (Å²) in [6.45, 7) is 6.41. The monoisotopic (exact) mass is 250 g/mol. The Morgan fingerprint density at radius 3 is 2.42 bits per heavy atom. The average Bonchev–Trinajstić information content (AvgIpc) is 2.80. The number of rotatable bonds is 2. The van der Waals surface area contributed by atoms with E-state index in [1.165, 1.54) is 16.7 Å². The molecule has 19 heavy (non-hydrogen) atoms. The first-order valence-electron chi connectivity index (χ1n) is 6.73. The van der Waals surface area contributed by atoms with Gasteiger partial charge in [0, 0.05) is 5.56 Å². The number of fused-ring (bicyclic) bond motifs is 1. The van der Waals surface area contributed by atoms with Crippen molar-refractivity contribution in [3.05, 3.63) is 53.1 Å². The molecule has 1 aromatic heterocycles. The minimum Gasteiger partial charge on any atom is -0.338 e. The van der Waals surface area contributed by atoms with Gasteiger partial charge in [-0.05, 0) is 50.1 Å². The number of aryl methyl sites for hydroxylation is 3. The summed E-state index contributed by atoms with van der Waals surface area (Å²) in [4.78, 5) is 8.11. The van der Waals surface area contributed by atoms with Gasteiger partial charge in [-0.3, -0.25) is 0 Å². The molecule has 2 heteroatoms. The first-order chi connectivity index (χ1) is 9.15. The third-order valence-corrected chi connectivity index (χ3v) is 3.45. The SMILES string of the molecule is CCc1ccc2nc(-c3cc(C)cc(C)c3)[nH]c2c1. The molecule has 0 radical (unpaired) electrons. The Labute approximate surface area is 113 Å². The molecule has 0 aliphatic heterocycles. The van der Waals surface area contributed by atoms with Crippen molar-refractivity contribution >= 4 is 11.0 Å². The van der Waals surface area contributed by atoms with Gasteiger partial charge in [0.1, 0.15) is 5.82 Å². The standard InChI is InChI=1S/C17H18N2/c1-4-13-5-6-15-16(10-13)19-17(18-15)14-8-11(2)7-12(3)9-14/h5-10H,4H2,1-3H3,(H,18,19). The first kappa shape index (κ1) is 12.0. The van der Waals surface area contributed by atoms with Gasteiger partial charge in [0.05, 0.1) is 11.0 Å². The Morgan fingerprint density at radius 1 is 1.00 bits per heavy atom. The number of aromatic amines is 1.